The van der Waals surface area contributed by atoms with Crippen LogP contribution < -0.4 is 20.5 Å². The first-order valence-corrected chi connectivity index (χ1v) is 6.26. The van der Waals surface area contributed by atoms with Crippen molar-refractivity contribution in [1.82, 2.24) is 5.32 Å². The molecule has 0 aliphatic heterocycles. The Labute approximate surface area is 131 Å². The number of hydrogen-bond donors (Lipinski definition) is 3. The molecule has 0 bridgehead atoms. The van der Waals surface area contributed by atoms with Gasteiger partial charge in [0.05, 0.1) is 25.9 Å². The van der Waals surface area contributed by atoms with Gasteiger partial charge in [-0.05, 0) is 32.0 Å². The summed E-state index contributed by atoms with van der Waals surface area (Å²) in [6.45, 7) is 3.24. The number of benzene rings is 1. The predicted molar refractivity (Wildman–Crippen MR) is 83.0 cm³/mol. The highest BCUT2D eigenvalue weighted by atomic mass is 35.5. The Balaban J connectivity index is 0.00000400. The minimum absolute atomic E-state index is 0. The summed E-state index contributed by atoms with van der Waals surface area (Å²) in [5.74, 6) is 0.795. The van der Waals surface area contributed by atoms with Crippen LogP contribution in [0, 0.1) is 0 Å². The van der Waals surface area contributed by atoms with Crippen LogP contribution in [0.15, 0.2) is 18.2 Å². The SMILES string of the molecule is COc1ccc(OC)c(C(O)CNC(=O)C(C)(C)N)c1.Cl. The quantitative estimate of drug-likeness (QED) is 0.728. The summed E-state index contributed by atoms with van der Waals surface area (Å²) in [6.07, 6.45) is -0.911. The van der Waals surface area contributed by atoms with E-state index in [1.165, 1.54) is 14.2 Å². The second-order valence-electron chi connectivity index (χ2n) is 5.06. The number of ether oxygens (including phenoxy) is 2. The lowest BCUT2D eigenvalue weighted by Gasteiger charge is -2.21. The van der Waals surface area contributed by atoms with Gasteiger partial charge in [-0.15, -0.1) is 12.4 Å². The Morgan fingerprint density at radius 1 is 1.38 bits per heavy atom. The number of aliphatic hydroxyl groups is 1. The van der Waals surface area contributed by atoms with Gasteiger partial charge in [0, 0.05) is 12.1 Å². The molecular weight excluding hydrogens is 296 g/mol. The van der Waals surface area contributed by atoms with Crippen molar-refractivity contribution >= 4 is 18.3 Å². The molecule has 6 nitrogen and oxygen atoms in total. The van der Waals surface area contributed by atoms with Crippen molar-refractivity contribution in [3.8, 4) is 11.5 Å². The Morgan fingerprint density at radius 3 is 2.48 bits per heavy atom. The molecule has 0 aliphatic rings. The van der Waals surface area contributed by atoms with Crippen LogP contribution in [0.5, 0.6) is 11.5 Å². The highest BCUT2D eigenvalue weighted by molar-refractivity contribution is 5.85. The first-order chi connectivity index (χ1) is 9.29. The third-order valence-corrected chi connectivity index (χ3v) is 2.84. The van der Waals surface area contributed by atoms with E-state index in [2.05, 4.69) is 5.32 Å². The first-order valence-electron chi connectivity index (χ1n) is 6.26. The van der Waals surface area contributed by atoms with Gasteiger partial charge in [0.2, 0.25) is 5.91 Å². The summed E-state index contributed by atoms with van der Waals surface area (Å²) in [7, 11) is 3.05. The molecule has 0 saturated heterocycles. The summed E-state index contributed by atoms with van der Waals surface area (Å²) in [5, 5.41) is 12.8. The number of aliphatic hydroxyl groups excluding tert-OH is 1. The zero-order chi connectivity index (χ0) is 15.3. The fourth-order valence-corrected chi connectivity index (χ4v) is 1.63. The second kappa shape index (κ2) is 8.07. The van der Waals surface area contributed by atoms with Crippen molar-refractivity contribution in [3.63, 3.8) is 0 Å². The summed E-state index contributed by atoms with van der Waals surface area (Å²) in [5.41, 5.74) is 5.22. The Morgan fingerprint density at radius 2 is 2.00 bits per heavy atom. The zero-order valence-electron chi connectivity index (χ0n) is 12.7. The van der Waals surface area contributed by atoms with E-state index in [0.29, 0.717) is 17.1 Å². The molecular formula is C14H23ClN2O4. The first kappa shape index (κ1) is 19.5. The van der Waals surface area contributed by atoms with Gasteiger partial charge >= 0.3 is 0 Å². The molecule has 4 N–H and O–H groups in total. The van der Waals surface area contributed by atoms with Gasteiger partial charge in [-0.1, -0.05) is 0 Å². The average molecular weight is 319 g/mol. The average Bonchev–Trinajstić information content (AvgIpc) is 2.42. The fraction of sp³-hybridized carbons (Fsp3) is 0.500. The molecule has 21 heavy (non-hydrogen) atoms. The van der Waals surface area contributed by atoms with Gasteiger partial charge in [-0.2, -0.15) is 0 Å². The largest absolute Gasteiger partial charge is 0.497 e. The van der Waals surface area contributed by atoms with Crippen molar-refractivity contribution in [2.75, 3.05) is 20.8 Å². The van der Waals surface area contributed by atoms with Crippen LogP contribution in [0.3, 0.4) is 0 Å². The van der Waals surface area contributed by atoms with Crippen LogP contribution in [0.2, 0.25) is 0 Å². The summed E-state index contributed by atoms with van der Waals surface area (Å²) in [6, 6.07) is 5.10. The summed E-state index contributed by atoms with van der Waals surface area (Å²) < 4.78 is 10.3. The lowest BCUT2D eigenvalue weighted by atomic mass is 10.0. The minimum Gasteiger partial charge on any atom is -0.497 e. The number of hydrogen-bond acceptors (Lipinski definition) is 5. The van der Waals surface area contributed by atoms with E-state index in [4.69, 9.17) is 15.2 Å². The number of methoxy groups -OCH3 is 2. The van der Waals surface area contributed by atoms with Gasteiger partial charge in [0.1, 0.15) is 11.5 Å². The van der Waals surface area contributed by atoms with Gasteiger partial charge in [0.25, 0.3) is 0 Å². The van der Waals surface area contributed by atoms with Gasteiger partial charge in [-0.3, -0.25) is 4.79 Å². The monoisotopic (exact) mass is 318 g/mol. The van der Waals surface area contributed by atoms with Crippen molar-refractivity contribution in [3.05, 3.63) is 23.8 Å². The molecule has 0 saturated carbocycles. The molecule has 0 aliphatic carbocycles. The molecule has 7 heteroatoms. The maximum absolute atomic E-state index is 11.7. The van der Waals surface area contributed by atoms with Crippen LogP contribution in [0.4, 0.5) is 0 Å². The van der Waals surface area contributed by atoms with E-state index < -0.39 is 11.6 Å². The summed E-state index contributed by atoms with van der Waals surface area (Å²) in [4.78, 5) is 11.7. The van der Waals surface area contributed by atoms with E-state index in [1.807, 2.05) is 0 Å². The predicted octanol–water partition coefficient (Wildman–Crippen LogP) is 1.01. The lowest BCUT2D eigenvalue weighted by Crippen LogP contribution is -2.49. The topological polar surface area (TPSA) is 93.8 Å². The lowest BCUT2D eigenvalue weighted by molar-refractivity contribution is -0.125. The molecule has 120 valence electrons. The van der Waals surface area contributed by atoms with Gasteiger partial charge < -0.3 is 25.6 Å². The van der Waals surface area contributed by atoms with Crippen molar-refractivity contribution in [2.45, 2.75) is 25.5 Å². The van der Waals surface area contributed by atoms with E-state index >= 15 is 0 Å². The molecule has 0 aromatic heterocycles. The van der Waals surface area contributed by atoms with E-state index in [1.54, 1.807) is 32.0 Å². The molecule has 0 spiro atoms. The normalized spacial score (nSPS) is 12.1. The highest BCUT2D eigenvalue weighted by Crippen LogP contribution is 2.29. The van der Waals surface area contributed by atoms with E-state index in [9.17, 15) is 9.90 Å². The maximum Gasteiger partial charge on any atom is 0.239 e. The van der Waals surface area contributed by atoms with Crippen LogP contribution >= 0.6 is 12.4 Å². The fourth-order valence-electron chi connectivity index (χ4n) is 1.63. The van der Waals surface area contributed by atoms with Crippen LogP contribution in [-0.2, 0) is 4.79 Å². The zero-order valence-corrected chi connectivity index (χ0v) is 13.5. The van der Waals surface area contributed by atoms with Gasteiger partial charge in [-0.25, -0.2) is 0 Å². The Hall–Kier alpha value is -1.50. The molecule has 0 fully saturated rings. The molecule has 1 aromatic rings. The summed E-state index contributed by atoms with van der Waals surface area (Å²) >= 11 is 0. The third-order valence-electron chi connectivity index (χ3n) is 2.84. The molecule has 1 unspecified atom stereocenters. The Bertz CT molecular complexity index is 475. The number of amides is 1. The minimum atomic E-state index is -0.988. The van der Waals surface area contributed by atoms with Crippen LogP contribution in [0.25, 0.3) is 0 Å². The number of nitrogens with two attached hydrogens (primary N) is 1. The Kier molecular flexibility index (Phi) is 7.49. The highest BCUT2D eigenvalue weighted by Gasteiger charge is 2.23. The number of carbonyl (C=O) groups excluding carboxylic acids is 1. The molecule has 1 aromatic carbocycles. The van der Waals surface area contributed by atoms with Crippen LogP contribution in [-0.4, -0.2) is 37.3 Å². The number of rotatable bonds is 6. The number of nitrogens with one attached hydrogen (secondary N) is 1. The van der Waals surface area contributed by atoms with Gasteiger partial charge in [0.15, 0.2) is 0 Å². The molecule has 0 heterocycles. The molecule has 1 atom stereocenters. The molecule has 1 rings (SSSR count). The third kappa shape index (κ3) is 5.41. The van der Waals surface area contributed by atoms with E-state index in [0.717, 1.165) is 0 Å². The standard InChI is InChI=1S/C14H22N2O4.ClH/c1-14(2,15)13(18)16-8-11(17)10-7-9(19-3)5-6-12(10)20-4;/h5-7,11,17H,8,15H2,1-4H3,(H,16,18);1H. The number of carbonyl (C=O) groups is 1. The molecule has 0 radical (unpaired) electrons. The van der Waals surface area contributed by atoms with Crippen molar-refractivity contribution in [1.29, 1.82) is 0 Å². The second-order valence-corrected chi connectivity index (χ2v) is 5.06. The van der Waals surface area contributed by atoms with Crippen molar-refractivity contribution in [2.24, 2.45) is 5.73 Å². The maximum atomic E-state index is 11.7. The van der Waals surface area contributed by atoms with Crippen LogP contribution in [0.1, 0.15) is 25.5 Å². The van der Waals surface area contributed by atoms with Crippen molar-refractivity contribution < 1.29 is 19.4 Å². The molecule has 1 amide bonds. The smallest absolute Gasteiger partial charge is 0.239 e. The number of halogens is 1. The van der Waals surface area contributed by atoms with E-state index in [-0.39, 0.29) is 24.9 Å².